The standard InChI is InChI=1S/C26H33FN6O2/c1-17-15-18(27)10-11-20(17)23-22-24(33(16-29-25(22)35)19-7-3-2-4-8-19)31-26(30-23)28-12-6-14-32-13-5-9-21(32)34/h10-11,15,19H,2-9,12-14,16H2,1H3,(H,29,35)(H,28,30,31). The van der Waals surface area contributed by atoms with Gasteiger partial charge in [-0.1, -0.05) is 19.3 Å². The molecule has 1 saturated heterocycles. The number of carbonyl (C=O) groups excluding carboxylic acids is 2. The molecule has 0 spiro atoms. The molecule has 1 aromatic carbocycles. The number of hydrogen-bond donors (Lipinski definition) is 2. The molecule has 1 aliphatic carbocycles. The number of aryl methyl sites for hydroxylation is 1. The number of anilines is 2. The van der Waals surface area contributed by atoms with E-state index in [0.29, 0.717) is 60.8 Å². The average molecular weight is 481 g/mol. The first-order valence-electron chi connectivity index (χ1n) is 12.8. The highest BCUT2D eigenvalue weighted by molar-refractivity contribution is 6.06. The second-order valence-electron chi connectivity index (χ2n) is 9.74. The van der Waals surface area contributed by atoms with Crippen LogP contribution in [-0.4, -0.2) is 59.0 Å². The normalized spacial score (nSPS) is 18.6. The van der Waals surface area contributed by atoms with Crippen molar-refractivity contribution in [3.05, 3.63) is 35.1 Å². The Hall–Kier alpha value is -3.23. The lowest BCUT2D eigenvalue weighted by molar-refractivity contribution is -0.127. The molecule has 2 aliphatic heterocycles. The van der Waals surface area contributed by atoms with Gasteiger partial charge in [0.05, 0.1) is 12.4 Å². The van der Waals surface area contributed by atoms with Crippen LogP contribution in [0.2, 0.25) is 0 Å². The van der Waals surface area contributed by atoms with Crippen molar-refractivity contribution in [1.29, 1.82) is 0 Å². The number of amides is 2. The molecule has 2 N–H and O–H groups in total. The van der Waals surface area contributed by atoms with E-state index in [-0.39, 0.29) is 17.6 Å². The summed E-state index contributed by atoms with van der Waals surface area (Å²) in [5.74, 6) is 0.790. The van der Waals surface area contributed by atoms with E-state index in [2.05, 4.69) is 15.5 Å². The van der Waals surface area contributed by atoms with Crippen LogP contribution in [0.25, 0.3) is 11.3 Å². The molecule has 1 aromatic heterocycles. The van der Waals surface area contributed by atoms with Crippen LogP contribution < -0.4 is 15.5 Å². The molecule has 2 fully saturated rings. The highest BCUT2D eigenvalue weighted by Crippen LogP contribution is 2.36. The summed E-state index contributed by atoms with van der Waals surface area (Å²) in [6.45, 7) is 4.39. The van der Waals surface area contributed by atoms with Crippen molar-refractivity contribution in [2.24, 2.45) is 0 Å². The van der Waals surface area contributed by atoms with Crippen molar-refractivity contribution in [2.45, 2.75) is 64.3 Å². The molecule has 2 amide bonds. The molecule has 186 valence electrons. The zero-order chi connectivity index (χ0) is 24.4. The molecule has 0 unspecified atom stereocenters. The van der Waals surface area contributed by atoms with Crippen molar-refractivity contribution in [1.82, 2.24) is 20.2 Å². The van der Waals surface area contributed by atoms with E-state index in [1.807, 2.05) is 11.8 Å². The van der Waals surface area contributed by atoms with Crippen LogP contribution in [0.3, 0.4) is 0 Å². The number of fused-ring (bicyclic) bond motifs is 1. The molecule has 3 aliphatic rings. The molecule has 35 heavy (non-hydrogen) atoms. The van der Waals surface area contributed by atoms with E-state index in [1.165, 1.54) is 31.4 Å². The van der Waals surface area contributed by atoms with Crippen molar-refractivity contribution in [2.75, 3.05) is 36.5 Å². The fourth-order valence-corrected chi connectivity index (χ4v) is 5.46. The van der Waals surface area contributed by atoms with Crippen molar-refractivity contribution >= 4 is 23.6 Å². The third kappa shape index (κ3) is 4.94. The van der Waals surface area contributed by atoms with E-state index in [9.17, 15) is 14.0 Å². The van der Waals surface area contributed by atoms with Gasteiger partial charge in [-0.05, 0) is 56.4 Å². The lowest BCUT2D eigenvalue weighted by Crippen LogP contribution is -2.50. The number of nitrogens with zero attached hydrogens (tertiary/aromatic N) is 4. The summed E-state index contributed by atoms with van der Waals surface area (Å²) in [7, 11) is 0. The smallest absolute Gasteiger partial charge is 0.258 e. The van der Waals surface area contributed by atoms with Gasteiger partial charge in [-0.15, -0.1) is 0 Å². The number of carbonyl (C=O) groups is 2. The Morgan fingerprint density at radius 3 is 2.71 bits per heavy atom. The Balaban J connectivity index is 1.47. The quantitative estimate of drug-likeness (QED) is 0.585. The van der Waals surface area contributed by atoms with Crippen LogP contribution in [-0.2, 0) is 4.79 Å². The predicted octanol–water partition coefficient (Wildman–Crippen LogP) is 3.86. The second-order valence-corrected chi connectivity index (χ2v) is 9.74. The minimum atomic E-state index is -0.322. The monoisotopic (exact) mass is 480 g/mol. The summed E-state index contributed by atoms with van der Waals surface area (Å²) in [6, 6.07) is 4.86. The maximum absolute atomic E-state index is 13.9. The number of hydrogen-bond acceptors (Lipinski definition) is 6. The third-order valence-electron chi connectivity index (χ3n) is 7.32. The van der Waals surface area contributed by atoms with Crippen LogP contribution in [0.5, 0.6) is 0 Å². The highest BCUT2D eigenvalue weighted by Gasteiger charge is 2.34. The van der Waals surface area contributed by atoms with E-state index in [4.69, 9.17) is 9.97 Å². The Bertz CT molecular complexity index is 1120. The van der Waals surface area contributed by atoms with Crippen LogP contribution in [0.15, 0.2) is 18.2 Å². The van der Waals surface area contributed by atoms with Crippen LogP contribution >= 0.6 is 0 Å². The lowest BCUT2D eigenvalue weighted by atomic mass is 9.93. The van der Waals surface area contributed by atoms with Crippen LogP contribution in [0.1, 0.15) is 67.3 Å². The topological polar surface area (TPSA) is 90.5 Å². The van der Waals surface area contributed by atoms with E-state index in [1.54, 1.807) is 6.07 Å². The molecule has 3 heterocycles. The fraction of sp³-hybridized carbons (Fsp3) is 0.538. The first-order valence-corrected chi connectivity index (χ1v) is 12.8. The fourth-order valence-electron chi connectivity index (χ4n) is 5.46. The SMILES string of the molecule is Cc1cc(F)ccc1-c1nc(NCCCN2CCCC2=O)nc2c1C(=O)NCN2C1CCCCC1. The Morgan fingerprint density at radius 1 is 1.14 bits per heavy atom. The minimum absolute atomic E-state index is 0.204. The molecule has 1 saturated carbocycles. The second kappa shape index (κ2) is 10.2. The minimum Gasteiger partial charge on any atom is -0.354 e. The maximum atomic E-state index is 13.9. The van der Waals surface area contributed by atoms with Gasteiger partial charge in [-0.25, -0.2) is 9.37 Å². The zero-order valence-corrected chi connectivity index (χ0v) is 20.3. The summed E-state index contributed by atoms with van der Waals surface area (Å²) < 4.78 is 13.9. The van der Waals surface area contributed by atoms with E-state index < -0.39 is 0 Å². The van der Waals surface area contributed by atoms with Gasteiger partial charge in [0.15, 0.2) is 0 Å². The lowest BCUT2D eigenvalue weighted by Gasteiger charge is -2.39. The molecule has 8 nitrogen and oxygen atoms in total. The van der Waals surface area contributed by atoms with Gasteiger partial charge in [-0.3, -0.25) is 9.59 Å². The third-order valence-corrected chi connectivity index (χ3v) is 7.32. The number of rotatable bonds is 7. The summed E-state index contributed by atoms with van der Waals surface area (Å²) in [5.41, 5.74) is 2.40. The molecular formula is C26H33FN6O2. The highest BCUT2D eigenvalue weighted by atomic mass is 19.1. The van der Waals surface area contributed by atoms with Crippen molar-refractivity contribution in [3.8, 4) is 11.3 Å². The predicted molar refractivity (Wildman–Crippen MR) is 133 cm³/mol. The summed E-state index contributed by atoms with van der Waals surface area (Å²) in [4.78, 5) is 38.6. The largest absolute Gasteiger partial charge is 0.354 e. The number of halogens is 1. The first kappa shape index (κ1) is 23.5. The van der Waals surface area contributed by atoms with Crippen molar-refractivity contribution < 1.29 is 14.0 Å². The number of nitrogens with one attached hydrogen (secondary N) is 2. The summed E-state index contributed by atoms with van der Waals surface area (Å²) in [6.07, 6.45) is 8.05. The summed E-state index contributed by atoms with van der Waals surface area (Å²) >= 11 is 0. The molecule has 2 aromatic rings. The Morgan fingerprint density at radius 2 is 1.97 bits per heavy atom. The van der Waals surface area contributed by atoms with Gasteiger partial charge in [0, 0.05) is 37.7 Å². The summed E-state index contributed by atoms with van der Waals surface area (Å²) in [5, 5.41) is 6.33. The average Bonchev–Trinajstić information content (AvgIpc) is 3.27. The molecule has 0 atom stereocenters. The number of likely N-dealkylation sites (tertiary alicyclic amines) is 1. The van der Waals surface area contributed by atoms with Gasteiger partial charge in [0.2, 0.25) is 11.9 Å². The van der Waals surface area contributed by atoms with Gasteiger partial charge < -0.3 is 20.4 Å². The van der Waals surface area contributed by atoms with Gasteiger partial charge >= 0.3 is 0 Å². The Kier molecular flexibility index (Phi) is 6.83. The van der Waals surface area contributed by atoms with Crippen molar-refractivity contribution in [3.63, 3.8) is 0 Å². The molecule has 0 radical (unpaired) electrons. The van der Waals surface area contributed by atoms with Crippen LogP contribution in [0, 0.1) is 12.7 Å². The Labute approximate surface area is 205 Å². The number of benzene rings is 1. The molecule has 0 bridgehead atoms. The van der Waals surface area contributed by atoms with Gasteiger partial charge in [0.25, 0.3) is 5.91 Å². The van der Waals surface area contributed by atoms with Gasteiger partial charge in [-0.2, -0.15) is 4.98 Å². The first-order chi connectivity index (χ1) is 17.0. The van der Waals surface area contributed by atoms with E-state index >= 15 is 0 Å². The number of aromatic nitrogens is 2. The zero-order valence-electron chi connectivity index (χ0n) is 20.3. The van der Waals surface area contributed by atoms with Crippen LogP contribution in [0.4, 0.5) is 16.2 Å². The molecule has 9 heteroatoms. The maximum Gasteiger partial charge on any atom is 0.258 e. The van der Waals surface area contributed by atoms with E-state index in [0.717, 1.165) is 37.8 Å². The molecular weight excluding hydrogens is 447 g/mol. The molecule has 5 rings (SSSR count). The van der Waals surface area contributed by atoms with Gasteiger partial charge in [0.1, 0.15) is 17.2 Å².